The Labute approximate surface area is 165 Å². The van der Waals surface area contributed by atoms with E-state index in [0.29, 0.717) is 16.3 Å². The predicted molar refractivity (Wildman–Crippen MR) is 110 cm³/mol. The molecule has 1 N–H and O–H groups in total. The molecule has 0 atom stereocenters. The molecule has 144 valence electrons. The summed E-state index contributed by atoms with van der Waals surface area (Å²) in [4.78, 5) is 12.9. The lowest BCUT2D eigenvalue weighted by Crippen LogP contribution is -2.29. The van der Waals surface area contributed by atoms with E-state index in [4.69, 9.17) is 11.6 Å². The second-order valence-electron chi connectivity index (χ2n) is 8.11. The molecule has 0 saturated heterocycles. The van der Waals surface area contributed by atoms with Gasteiger partial charge in [-0.3, -0.25) is 4.79 Å². The second-order valence-corrected chi connectivity index (χ2v) is 11.3. The molecular formula is C21H24ClNO3S. The first-order valence-electron chi connectivity index (χ1n) is 8.92. The summed E-state index contributed by atoms with van der Waals surface area (Å²) in [6.07, 6.45) is 1.58. The van der Waals surface area contributed by atoms with Gasteiger partial charge in [-0.2, -0.15) is 0 Å². The molecule has 0 bridgehead atoms. The highest BCUT2D eigenvalue weighted by molar-refractivity contribution is 7.91. The zero-order valence-electron chi connectivity index (χ0n) is 15.8. The van der Waals surface area contributed by atoms with Gasteiger partial charge in [-0.05, 0) is 69.0 Å². The van der Waals surface area contributed by atoms with Crippen LogP contribution in [0.1, 0.15) is 44.7 Å². The average molecular weight is 406 g/mol. The van der Waals surface area contributed by atoms with Crippen molar-refractivity contribution < 1.29 is 13.2 Å². The van der Waals surface area contributed by atoms with Gasteiger partial charge in [0.2, 0.25) is 5.91 Å². The third-order valence-corrected chi connectivity index (χ3v) is 7.89. The number of amides is 1. The van der Waals surface area contributed by atoms with Crippen LogP contribution in [-0.4, -0.2) is 19.1 Å². The van der Waals surface area contributed by atoms with E-state index in [1.54, 1.807) is 57.2 Å². The minimum absolute atomic E-state index is 0.0530. The van der Waals surface area contributed by atoms with Crippen molar-refractivity contribution in [2.45, 2.75) is 49.5 Å². The van der Waals surface area contributed by atoms with E-state index < -0.39 is 20.0 Å². The van der Waals surface area contributed by atoms with Crippen molar-refractivity contribution in [1.29, 1.82) is 0 Å². The molecule has 1 saturated carbocycles. The summed E-state index contributed by atoms with van der Waals surface area (Å²) in [5.74, 6) is -0.122. The van der Waals surface area contributed by atoms with Crippen LogP contribution in [0.15, 0.2) is 48.5 Å². The molecule has 0 heterocycles. The summed E-state index contributed by atoms with van der Waals surface area (Å²) < 4.78 is 24.1. The van der Waals surface area contributed by atoms with E-state index in [0.717, 1.165) is 18.4 Å². The van der Waals surface area contributed by atoms with Crippen LogP contribution in [0.2, 0.25) is 5.02 Å². The maximum Gasteiger partial charge on any atom is 0.235 e. The van der Waals surface area contributed by atoms with Crippen LogP contribution >= 0.6 is 11.6 Å². The van der Waals surface area contributed by atoms with Gasteiger partial charge in [0.1, 0.15) is 0 Å². The first-order chi connectivity index (χ1) is 12.5. The number of nitrogens with one attached hydrogen (secondary N) is 1. The molecular weight excluding hydrogens is 382 g/mol. The van der Waals surface area contributed by atoms with E-state index in [1.165, 1.54) is 0 Å². The fourth-order valence-corrected chi connectivity index (χ4v) is 4.14. The van der Waals surface area contributed by atoms with Gasteiger partial charge >= 0.3 is 0 Å². The van der Waals surface area contributed by atoms with E-state index in [9.17, 15) is 13.2 Å². The SMILES string of the molecule is CC(C)(C)S(=O)(=O)Cc1cccc(NC(=O)C2(c3ccc(Cl)cc3)CC2)c1. The molecule has 0 aliphatic heterocycles. The summed E-state index contributed by atoms with van der Waals surface area (Å²) in [7, 11) is -3.28. The highest BCUT2D eigenvalue weighted by Gasteiger charge is 2.51. The van der Waals surface area contributed by atoms with Crippen molar-refractivity contribution in [2.75, 3.05) is 5.32 Å². The topological polar surface area (TPSA) is 63.2 Å². The second kappa shape index (κ2) is 6.95. The predicted octanol–water partition coefficient (Wildman–Crippen LogP) is 4.72. The number of sulfone groups is 1. The lowest BCUT2D eigenvalue weighted by atomic mass is 9.95. The van der Waals surface area contributed by atoms with Gasteiger partial charge in [0.25, 0.3) is 0 Å². The summed E-state index contributed by atoms with van der Waals surface area (Å²) in [6, 6.07) is 14.4. The van der Waals surface area contributed by atoms with Crippen LogP contribution in [0.25, 0.3) is 0 Å². The van der Waals surface area contributed by atoms with Gasteiger partial charge < -0.3 is 5.32 Å². The number of carbonyl (C=O) groups is 1. The number of carbonyl (C=O) groups excluding carboxylic acids is 1. The average Bonchev–Trinajstić information content (AvgIpc) is 3.36. The highest BCUT2D eigenvalue weighted by Crippen LogP contribution is 2.49. The van der Waals surface area contributed by atoms with Gasteiger partial charge in [-0.15, -0.1) is 0 Å². The van der Waals surface area contributed by atoms with Gasteiger partial charge in [0.05, 0.1) is 15.9 Å². The van der Waals surface area contributed by atoms with Crippen molar-refractivity contribution in [3.8, 4) is 0 Å². The molecule has 0 spiro atoms. The molecule has 1 amide bonds. The molecule has 3 rings (SSSR count). The molecule has 1 aliphatic rings. The largest absolute Gasteiger partial charge is 0.325 e. The minimum atomic E-state index is -3.28. The third kappa shape index (κ3) is 4.19. The summed E-state index contributed by atoms with van der Waals surface area (Å²) in [6.45, 7) is 5.07. The molecule has 0 aromatic heterocycles. The number of rotatable bonds is 5. The molecule has 27 heavy (non-hydrogen) atoms. The monoisotopic (exact) mass is 405 g/mol. The highest BCUT2D eigenvalue weighted by atomic mass is 35.5. The Morgan fingerprint density at radius 1 is 1.11 bits per heavy atom. The van der Waals surface area contributed by atoms with Crippen LogP contribution in [-0.2, 0) is 25.8 Å². The quantitative estimate of drug-likeness (QED) is 0.782. The Morgan fingerprint density at radius 2 is 1.74 bits per heavy atom. The van der Waals surface area contributed by atoms with E-state index in [1.807, 2.05) is 12.1 Å². The molecule has 4 nitrogen and oxygen atoms in total. The van der Waals surface area contributed by atoms with Crippen LogP contribution < -0.4 is 5.32 Å². The lowest BCUT2D eigenvalue weighted by Gasteiger charge is -2.20. The number of hydrogen-bond acceptors (Lipinski definition) is 3. The van der Waals surface area contributed by atoms with Crippen molar-refractivity contribution in [1.82, 2.24) is 0 Å². The maximum atomic E-state index is 12.9. The van der Waals surface area contributed by atoms with Crippen molar-refractivity contribution >= 4 is 33.0 Å². The third-order valence-electron chi connectivity index (χ3n) is 5.06. The van der Waals surface area contributed by atoms with Crippen molar-refractivity contribution in [3.63, 3.8) is 0 Å². The number of benzene rings is 2. The molecule has 1 fully saturated rings. The Morgan fingerprint density at radius 3 is 2.30 bits per heavy atom. The van der Waals surface area contributed by atoms with Crippen LogP contribution in [0.5, 0.6) is 0 Å². The smallest absolute Gasteiger partial charge is 0.235 e. The Hall–Kier alpha value is -1.85. The maximum absolute atomic E-state index is 12.9. The Bertz CT molecular complexity index is 956. The minimum Gasteiger partial charge on any atom is -0.325 e. The molecule has 2 aromatic carbocycles. The van der Waals surface area contributed by atoms with Gasteiger partial charge in [0.15, 0.2) is 9.84 Å². The first kappa shape index (κ1) is 19.9. The number of halogens is 1. The van der Waals surface area contributed by atoms with Crippen molar-refractivity contribution in [3.05, 3.63) is 64.7 Å². The summed E-state index contributed by atoms with van der Waals surface area (Å²) >= 11 is 5.94. The van der Waals surface area contributed by atoms with Gasteiger partial charge in [0, 0.05) is 10.7 Å². The lowest BCUT2D eigenvalue weighted by molar-refractivity contribution is -0.118. The fraction of sp³-hybridized carbons (Fsp3) is 0.381. The molecule has 2 aromatic rings. The van der Waals surface area contributed by atoms with Gasteiger partial charge in [-0.25, -0.2) is 8.42 Å². The van der Waals surface area contributed by atoms with Crippen LogP contribution in [0, 0.1) is 0 Å². The first-order valence-corrected chi connectivity index (χ1v) is 11.0. The summed E-state index contributed by atoms with van der Waals surface area (Å²) in [5, 5.41) is 3.60. The summed E-state index contributed by atoms with van der Waals surface area (Å²) in [5.41, 5.74) is 1.72. The van der Waals surface area contributed by atoms with Gasteiger partial charge in [-0.1, -0.05) is 35.9 Å². The zero-order valence-corrected chi connectivity index (χ0v) is 17.3. The number of anilines is 1. The Balaban J connectivity index is 1.77. The normalized spacial score (nSPS) is 16.0. The standard InChI is InChI=1S/C21H24ClNO3S/c1-20(2,3)27(25,26)14-15-5-4-6-18(13-15)23-19(24)21(11-12-21)16-7-9-17(22)10-8-16/h4-10,13H,11-12,14H2,1-3H3,(H,23,24). The zero-order chi connectivity index (χ0) is 19.9. The molecule has 6 heteroatoms. The van der Waals surface area contributed by atoms with E-state index >= 15 is 0 Å². The fourth-order valence-electron chi connectivity index (χ4n) is 2.97. The molecule has 0 radical (unpaired) electrons. The van der Waals surface area contributed by atoms with Crippen molar-refractivity contribution in [2.24, 2.45) is 0 Å². The number of hydrogen-bond donors (Lipinski definition) is 1. The molecule has 0 unspecified atom stereocenters. The Kier molecular flexibility index (Phi) is 5.12. The van der Waals surface area contributed by atoms with E-state index in [2.05, 4.69) is 5.32 Å². The van der Waals surface area contributed by atoms with E-state index in [-0.39, 0.29) is 11.7 Å². The molecule has 1 aliphatic carbocycles. The van der Waals surface area contributed by atoms with Crippen LogP contribution in [0.4, 0.5) is 5.69 Å². The van der Waals surface area contributed by atoms with Crippen LogP contribution in [0.3, 0.4) is 0 Å².